The normalized spacial score (nSPS) is 10.0. The lowest BCUT2D eigenvalue weighted by Crippen LogP contribution is -2.03. The molecule has 2 aromatic heterocycles. The van der Waals surface area contributed by atoms with Crippen LogP contribution >= 0.6 is 0 Å². The molecule has 0 aliphatic carbocycles. The van der Waals surface area contributed by atoms with Crippen molar-refractivity contribution >= 4 is 5.97 Å². The predicted octanol–water partition coefficient (Wildman–Crippen LogP) is 0.360. The topological polar surface area (TPSA) is 80.9 Å². The number of aromatic nitrogens is 4. The first-order valence-corrected chi connectivity index (χ1v) is 3.83. The Morgan fingerprint density at radius 2 is 2.29 bits per heavy atom. The largest absolute Gasteiger partial charge is 0.477 e. The lowest BCUT2D eigenvalue weighted by molar-refractivity contribution is 0.0690. The van der Waals surface area contributed by atoms with Gasteiger partial charge in [-0.05, 0) is 12.1 Å². The number of carboxylic acids is 1. The van der Waals surface area contributed by atoms with Gasteiger partial charge >= 0.3 is 5.97 Å². The second-order valence-electron chi connectivity index (χ2n) is 2.55. The molecule has 0 aliphatic rings. The van der Waals surface area contributed by atoms with E-state index in [0.29, 0.717) is 5.69 Å². The number of hydrogen-bond donors (Lipinski definition) is 1. The lowest BCUT2D eigenvalue weighted by atomic mass is 10.3. The van der Waals surface area contributed by atoms with Crippen molar-refractivity contribution < 1.29 is 9.90 Å². The van der Waals surface area contributed by atoms with Gasteiger partial charge in [0.2, 0.25) is 0 Å². The lowest BCUT2D eigenvalue weighted by Gasteiger charge is -1.99. The molecule has 2 aromatic rings. The molecule has 70 valence electrons. The van der Waals surface area contributed by atoms with Gasteiger partial charge in [-0.3, -0.25) is 0 Å². The highest BCUT2D eigenvalue weighted by atomic mass is 16.4. The van der Waals surface area contributed by atoms with Gasteiger partial charge in [0.15, 0.2) is 0 Å². The summed E-state index contributed by atoms with van der Waals surface area (Å²) < 4.78 is 1.47. The molecule has 2 heterocycles. The number of rotatable bonds is 2. The summed E-state index contributed by atoms with van der Waals surface area (Å²) in [5.41, 5.74) is 0.605. The number of carbonyl (C=O) groups is 1. The smallest absolute Gasteiger partial charge is 0.354 e. The van der Waals surface area contributed by atoms with Crippen molar-refractivity contribution in [3.05, 3.63) is 36.4 Å². The van der Waals surface area contributed by atoms with E-state index in [2.05, 4.69) is 15.3 Å². The first kappa shape index (κ1) is 8.36. The highest BCUT2D eigenvalue weighted by Crippen LogP contribution is 2.05. The van der Waals surface area contributed by atoms with Crippen molar-refractivity contribution in [3.8, 4) is 5.69 Å². The van der Waals surface area contributed by atoms with Crippen LogP contribution in [-0.4, -0.2) is 31.1 Å². The monoisotopic (exact) mass is 190 g/mol. The van der Waals surface area contributed by atoms with Crippen molar-refractivity contribution in [2.75, 3.05) is 0 Å². The average molecular weight is 190 g/mol. The zero-order valence-electron chi connectivity index (χ0n) is 7.03. The molecular weight excluding hydrogens is 184 g/mol. The average Bonchev–Trinajstić information content (AvgIpc) is 2.71. The summed E-state index contributed by atoms with van der Waals surface area (Å²) in [4.78, 5) is 14.3. The zero-order chi connectivity index (χ0) is 9.97. The van der Waals surface area contributed by atoms with E-state index in [1.807, 2.05) is 0 Å². The maximum absolute atomic E-state index is 10.6. The van der Waals surface area contributed by atoms with E-state index < -0.39 is 5.97 Å². The van der Waals surface area contributed by atoms with Crippen molar-refractivity contribution in [1.29, 1.82) is 0 Å². The highest BCUT2D eigenvalue weighted by molar-refractivity contribution is 5.85. The van der Waals surface area contributed by atoms with Gasteiger partial charge in [0.05, 0.1) is 18.1 Å². The van der Waals surface area contributed by atoms with Crippen LogP contribution < -0.4 is 0 Å². The number of aromatic carboxylic acids is 1. The molecule has 0 amide bonds. The summed E-state index contributed by atoms with van der Waals surface area (Å²) in [6.07, 6.45) is 4.56. The second kappa shape index (κ2) is 3.25. The summed E-state index contributed by atoms with van der Waals surface area (Å²) in [7, 11) is 0. The SMILES string of the molecule is O=C(O)c1cc(-n2ccnn2)ccn1. The third kappa shape index (κ3) is 1.45. The summed E-state index contributed by atoms with van der Waals surface area (Å²) in [6.45, 7) is 0. The molecular formula is C8H6N4O2. The summed E-state index contributed by atoms with van der Waals surface area (Å²) in [5.74, 6) is -1.06. The van der Waals surface area contributed by atoms with E-state index in [4.69, 9.17) is 5.11 Å². The number of carboxylic acid groups (broad SMARTS) is 1. The van der Waals surface area contributed by atoms with E-state index in [1.165, 1.54) is 23.1 Å². The Kier molecular flexibility index (Phi) is 1.94. The fourth-order valence-corrected chi connectivity index (χ4v) is 1.02. The van der Waals surface area contributed by atoms with Crippen molar-refractivity contribution in [2.24, 2.45) is 0 Å². The molecule has 0 unspecified atom stereocenters. The zero-order valence-corrected chi connectivity index (χ0v) is 7.03. The van der Waals surface area contributed by atoms with Crippen LogP contribution in [-0.2, 0) is 0 Å². The van der Waals surface area contributed by atoms with Crippen LogP contribution in [0.1, 0.15) is 10.5 Å². The molecule has 0 spiro atoms. The van der Waals surface area contributed by atoms with Gasteiger partial charge in [0, 0.05) is 6.20 Å². The quantitative estimate of drug-likeness (QED) is 0.739. The van der Waals surface area contributed by atoms with Gasteiger partial charge in [-0.2, -0.15) is 0 Å². The first-order valence-electron chi connectivity index (χ1n) is 3.83. The van der Waals surface area contributed by atoms with Crippen molar-refractivity contribution in [2.45, 2.75) is 0 Å². The summed E-state index contributed by atoms with van der Waals surface area (Å²) in [5, 5.41) is 16.1. The van der Waals surface area contributed by atoms with Gasteiger partial charge in [0.25, 0.3) is 0 Å². The Bertz CT molecular complexity index is 452. The van der Waals surface area contributed by atoms with Gasteiger partial charge in [-0.15, -0.1) is 5.10 Å². The van der Waals surface area contributed by atoms with E-state index in [9.17, 15) is 4.79 Å². The van der Waals surface area contributed by atoms with Crippen LogP contribution in [0.5, 0.6) is 0 Å². The molecule has 0 aromatic carbocycles. The van der Waals surface area contributed by atoms with Gasteiger partial charge in [0.1, 0.15) is 5.69 Å². The van der Waals surface area contributed by atoms with Crippen LogP contribution in [0, 0.1) is 0 Å². The van der Waals surface area contributed by atoms with Gasteiger partial charge < -0.3 is 5.11 Å². The van der Waals surface area contributed by atoms with Gasteiger partial charge in [-0.1, -0.05) is 5.21 Å². The summed E-state index contributed by atoms with van der Waals surface area (Å²) >= 11 is 0. The molecule has 6 heteroatoms. The van der Waals surface area contributed by atoms with E-state index in [0.717, 1.165) is 0 Å². The Hall–Kier alpha value is -2.24. The molecule has 2 rings (SSSR count). The predicted molar refractivity (Wildman–Crippen MR) is 46.1 cm³/mol. The fraction of sp³-hybridized carbons (Fsp3) is 0. The third-order valence-corrected chi connectivity index (χ3v) is 1.65. The maximum Gasteiger partial charge on any atom is 0.354 e. The van der Waals surface area contributed by atoms with Crippen LogP contribution in [0.3, 0.4) is 0 Å². The number of hydrogen-bond acceptors (Lipinski definition) is 4. The first-order chi connectivity index (χ1) is 6.77. The minimum Gasteiger partial charge on any atom is -0.477 e. The van der Waals surface area contributed by atoms with Crippen LogP contribution in [0.2, 0.25) is 0 Å². The molecule has 0 aliphatic heterocycles. The van der Waals surface area contributed by atoms with Crippen LogP contribution in [0.4, 0.5) is 0 Å². The van der Waals surface area contributed by atoms with Gasteiger partial charge in [-0.25, -0.2) is 14.5 Å². The molecule has 6 nitrogen and oxygen atoms in total. The van der Waals surface area contributed by atoms with Crippen LogP contribution in [0.25, 0.3) is 5.69 Å². The van der Waals surface area contributed by atoms with E-state index in [-0.39, 0.29) is 5.69 Å². The van der Waals surface area contributed by atoms with Crippen LogP contribution in [0.15, 0.2) is 30.7 Å². The third-order valence-electron chi connectivity index (χ3n) is 1.65. The Morgan fingerprint density at radius 3 is 2.93 bits per heavy atom. The van der Waals surface area contributed by atoms with E-state index in [1.54, 1.807) is 12.3 Å². The number of pyridine rings is 1. The Labute approximate surface area is 78.8 Å². The summed E-state index contributed by atoms with van der Waals surface area (Å²) in [6, 6.07) is 3.08. The van der Waals surface area contributed by atoms with Crippen molar-refractivity contribution in [1.82, 2.24) is 20.0 Å². The molecule has 0 atom stereocenters. The minimum atomic E-state index is -1.06. The Morgan fingerprint density at radius 1 is 1.43 bits per heavy atom. The molecule has 0 saturated carbocycles. The number of nitrogens with zero attached hydrogens (tertiary/aromatic N) is 4. The maximum atomic E-state index is 10.6. The second-order valence-corrected chi connectivity index (χ2v) is 2.55. The molecule has 0 saturated heterocycles. The molecule has 14 heavy (non-hydrogen) atoms. The van der Waals surface area contributed by atoms with Crippen molar-refractivity contribution in [3.63, 3.8) is 0 Å². The molecule has 0 bridgehead atoms. The molecule has 0 fully saturated rings. The highest BCUT2D eigenvalue weighted by Gasteiger charge is 2.05. The Balaban J connectivity index is 2.46. The molecule has 1 N–H and O–H groups in total. The standard InChI is InChI=1S/C8H6N4O2/c13-8(14)7-5-6(1-2-9-7)12-4-3-10-11-12/h1-5H,(H,13,14). The van der Waals surface area contributed by atoms with E-state index >= 15 is 0 Å². The molecule has 0 radical (unpaired) electrons. The fourth-order valence-electron chi connectivity index (χ4n) is 1.02. The minimum absolute atomic E-state index is 0.0157.